The van der Waals surface area contributed by atoms with E-state index in [1.54, 1.807) is 11.9 Å². The van der Waals surface area contributed by atoms with Gasteiger partial charge in [-0.05, 0) is 25.5 Å². The molecular weight excluding hydrogens is 314 g/mol. The summed E-state index contributed by atoms with van der Waals surface area (Å²) < 4.78 is 25.1. The van der Waals surface area contributed by atoms with E-state index >= 15 is 0 Å². The number of imidazole rings is 1. The summed E-state index contributed by atoms with van der Waals surface area (Å²) in [6.45, 7) is 2.48. The standard InChI is InChI=1S/C16H21N3O3S/c1-12-17-14-5-3-4-6-15(14)19(12)9-7-16(20)18(2)13-8-10-23(21,22)11-13/h3-6,13H,7-11H2,1-2H3. The Morgan fingerprint density at radius 2 is 2.13 bits per heavy atom. The molecule has 124 valence electrons. The second-order valence-electron chi connectivity index (χ2n) is 6.11. The predicted octanol–water partition coefficient (Wildman–Crippen LogP) is 1.38. The first-order valence-corrected chi connectivity index (χ1v) is 9.57. The van der Waals surface area contributed by atoms with Gasteiger partial charge in [0.25, 0.3) is 0 Å². The highest BCUT2D eigenvalue weighted by atomic mass is 32.2. The van der Waals surface area contributed by atoms with Crippen LogP contribution in [0.3, 0.4) is 0 Å². The number of aryl methyl sites for hydroxylation is 2. The molecule has 7 heteroatoms. The Balaban J connectivity index is 1.68. The minimum Gasteiger partial charge on any atom is -0.342 e. The number of fused-ring (bicyclic) bond motifs is 1. The Morgan fingerprint density at radius 1 is 1.39 bits per heavy atom. The topological polar surface area (TPSA) is 72.3 Å². The van der Waals surface area contributed by atoms with E-state index in [4.69, 9.17) is 0 Å². The number of sulfone groups is 1. The van der Waals surface area contributed by atoms with E-state index in [2.05, 4.69) is 4.98 Å². The average Bonchev–Trinajstić information content (AvgIpc) is 3.03. The Kier molecular flexibility index (Phi) is 4.14. The number of nitrogens with zero attached hydrogens (tertiary/aromatic N) is 3. The summed E-state index contributed by atoms with van der Waals surface area (Å²) in [6, 6.07) is 7.66. The van der Waals surface area contributed by atoms with Gasteiger partial charge in [0.2, 0.25) is 5.91 Å². The number of amides is 1. The molecule has 1 aromatic heterocycles. The third kappa shape index (κ3) is 3.24. The number of carbonyl (C=O) groups is 1. The summed E-state index contributed by atoms with van der Waals surface area (Å²) in [7, 11) is -1.28. The van der Waals surface area contributed by atoms with Gasteiger partial charge in [-0.3, -0.25) is 4.79 Å². The average molecular weight is 335 g/mol. The Labute approximate surface area is 136 Å². The van der Waals surface area contributed by atoms with E-state index in [9.17, 15) is 13.2 Å². The molecule has 1 amide bonds. The van der Waals surface area contributed by atoms with Crippen molar-refractivity contribution in [3.63, 3.8) is 0 Å². The van der Waals surface area contributed by atoms with Crippen molar-refractivity contribution in [2.75, 3.05) is 18.6 Å². The number of hydrogen-bond acceptors (Lipinski definition) is 4. The van der Waals surface area contributed by atoms with Crippen LogP contribution in [0.1, 0.15) is 18.7 Å². The van der Waals surface area contributed by atoms with Gasteiger partial charge < -0.3 is 9.47 Å². The van der Waals surface area contributed by atoms with E-state index in [-0.39, 0.29) is 23.5 Å². The van der Waals surface area contributed by atoms with Crippen LogP contribution < -0.4 is 0 Å². The molecule has 1 aliphatic rings. The number of rotatable bonds is 4. The Hall–Kier alpha value is -1.89. The molecule has 0 bridgehead atoms. The van der Waals surface area contributed by atoms with Crippen LogP contribution in [0.25, 0.3) is 11.0 Å². The monoisotopic (exact) mass is 335 g/mol. The van der Waals surface area contributed by atoms with Gasteiger partial charge in [0.15, 0.2) is 9.84 Å². The van der Waals surface area contributed by atoms with Gasteiger partial charge in [0, 0.05) is 26.1 Å². The van der Waals surface area contributed by atoms with Crippen molar-refractivity contribution < 1.29 is 13.2 Å². The molecule has 0 aliphatic carbocycles. The van der Waals surface area contributed by atoms with Crippen molar-refractivity contribution >= 4 is 26.8 Å². The summed E-state index contributed by atoms with van der Waals surface area (Å²) in [5.74, 6) is 1.12. The highest BCUT2D eigenvalue weighted by Crippen LogP contribution is 2.19. The van der Waals surface area contributed by atoms with Crippen LogP contribution in [0.4, 0.5) is 0 Å². The smallest absolute Gasteiger partial charge is 0.224 e. The molecule has 1 atom stereocenters. The van der Waals surface area contributed by atoms with Gasteiger partial charge in [-0.2, -0.15) is 0 Å². The molecule has 0 saturated carbocycles. The fourth-order valence-electron chi connectivity index (χ4n) is 3.15. The van der Waals surface area contributed by atoms with E-state index in [0.29, 0.717) is 19.4 Å². The van der Waals surface area contributed by atoms with Crippen molar-refractivity contribution in [3.05, 3.63) is 30.1 Å². The maximum absolute atomic E-state index is 12.4. The lowest BCUT2D eigenvalue weighted by Gasteiger charge is -2.23. The van der Waals surface area contributed by atoms with Crippen LogP contribution in [0.5, 0.6) is 0 Å². The minimum absolute atomic E-state index is 0.0238. The number of para-hydroxylation sites is 2. The zero-order valence-corrected chi connectivity index (χ0v) is 14.2. The molecule has 1 aromatic carbocycles. The lowest BCUT2D eigenvalue weighted by atomic mass is 10.2. The zero-order valence-electron chi connectivity index (χ0n) is 13.4. The van der Waals surface area contributed by atoms with Gasteiger partial charge in [0.05, 0.1) is 22.5 Å². The summed E-state index contributed by atoms with van der Waals surface area (Å²) in [6.07, 6.45) is 0.881. The lowest BCUT2D eigenvalue weighted by Crippen LogP contribution is -2.38. The molecule has 1 unspecified atom stereocenters. The van der Waals surface area contributed by atoms with Gasteiger partial charge in [0.1, 0.15) is 5.82 Å². The highest BCUT2D eigenvalue weighted by Gasteiger charge is 2.32. The van der Waals surface area contributed by atoms with Crippen LogP contribution in [0.15, 0.2) is 24.3 Å². The largest absolute Gasteiger partial charge is 0.342 e. The van der Waals surface area contributed by atoms with E-state index in [0.717, 1.165) is 16.9 Å². The number of hydrogen-bond donors (Lipinski definition) is 0. The predicted molar refractivity (Wildman–Crippen MR) is 88.9 cm³/mol. The first-order valence-electron chi connectivity index (χ1n) is 7.75. The number of benzene rings is 1. The highest BCUT2D eigenvalue weighted by molar-refractivity contribution is 7.91. The molecule has 0 N–H and O–H groups in total. The fraction of sp³-hybridized carbons (Fsp3) is 0.500. The van der Waals surface area contributed by atoms with E-state index < -0.39 is 9.84 Å². The summed E-state index contributed by atoms with van der Waals surface area (Å²) in [4.78, 5) is 18.5. The minimum atomic E-state index is -2.98. The summed E-state index contributed by atoms with van der Waals surface area (Å²) >= 11 is 0. The molecule has 3 rings (SSSR count). The lowest BCUT2D eigenvalue weighted by molar-refractivity contribution is -0.131. The number of aromatic nitrogens is 2. The van der Waals surface area contributed by atoms with E-state index in [1.165, 1.54) is 0 Å². The molecule has 0 radical (unpaired) electrons. The molecule has 1 fully saturated rings. The summed E-state index contributed by atoms with van der Waals surface area (Å²) in [5, 5.41) is 0. The molecule has 2 aromatic rings. The normalized spacial score (nSPS) is 20.0. The third-order valence-electron chi connectivity index (χ3n) is 4.54. The molecule has 2 heterocycles. The second-order valence-corrected chi connectivity index (χ2v) is 8.34. The van der Waals surface area contributed by atoms with Crippen molar-refractivity contribution in [2.45, 2.75) is 32.4 Å². The molecule has 0 spiro atoms. The van der Waals surface area contributed by atoms with Gasteiger partial charge in [-0.25, -0.2) is 13.4 Å². The maximum Gasteiger partial charge on any atom is 0.224 e. The fourth-order valence-corrected chi connectivity index (χ4v) is 4.92. The maximum atomic E-state index is 12.4. The van der Waals surface area contributed by atoms with Gasteiger partial charge in [-0.15, -0.1) is 0 Å². The zero-order chi connectivity index (χ0) is 16.6. The Bertz CT molecular complexity index is 841. The molecule has 23 heavy (non-hydrogen) atoms. The van der Waals surface area contributed by atoms with Crippen molar-refractivity contribution in [2.24, 2.45) is 0 Å². The van der Waals surface area contributed by atoms with Crippen LogP contribution in [0, 0.1) is 6.92 Å². The molecular formula is C16H21N3O3S. The van der Waals surface area contributed by atoms with Crippen molar-refractivity contribution in [1.82, 2.24) is 14.5 Å². The van der Waals surface area contributed by atoms with Crippen molar-refractivity contribution in [3.8, 4) is 0 Å². The van der Waals surface area contributed by atoms with Crippen LogP contribution in [0.2, 0.25) is 0 Å². The van der Waals surface area contributed by atoms with Crippen LogP contribution >= 0.6 is 0 Å². The molecule has 1 saturated heterocycles. The molecule has 6 nitrogen and oxygen atoms in total. The van der Waals surface area contributed by atoms with Crippen LogP contribution in [-0.4, -0.2) is 53.4 Å². The quantitative estimate of drug-likeness (QED) is 0.846. The summed E-state index contributed by atoms with van der Waals surface area (Å²) in [5.41, 5.74) is 1.94. The second kappa shape index (κ2) is 5.96. The van der Waals surface area contributed by atoms with Crippen LogP contribution in [-0.2, 0) is 21.2 Å². The number of carbonyl (C=O) groups excluding carboxylic acids is 1. The SMILES string of the molecule is Cc1nc2ccccc2n1CCC(=O)N(C)C1CCS(=O)(=O)C1. The van der Waals surface area contributed by atoms with Gasteiger partial charge in [-0.1, -0.05) is 12.1 Å². The first-order chi connectivity index (χ1) is 10.9. The van der Waals surface area contributed by atoms with E-state index in [1.807, 2.05) is 35.8 Å². The first kappa shape index (κ1) is 16.0. The van der Waals surface area contributed by atoms with Gasteiger partial charge >= 0.3 is 0 Å². The molecule has 1 aliphatic heterocycles. The third-order valence-corrected chi connectivity index (χ3v) is 6.29. The van der Waals surface area contributed by atoms with Crippen molar-refractivity contribution in [1.29, 1.82) is 0 Å². The Morgan fingerprint density at radius 3 is 2.83 bits per heavy atom.